The third-order valence-corrected chi connectivity index (χ3v) is 3.18. The molecule has 0 radical (unpaired) electrons. The second-order valence-corrected chi connectivity index (χ2v) is 4.25. The summed E-state index contributed by atoms with van der Waals surface area (Å²) in [5.41, 5.74) is 2.41. The lowest BCUT2D eigenvalue weighted by Crippen LogP contribution is -2.19. The highest BCUT2D eigenvalue weighted by Gasteiger charge is 2.23. The van der Waals surface area contributed by atoms with Crippen molar-refractivity contribution in [3.63, 3.8) is 0 Å². The van der Waals surface area contributed by atoms with Crippen LogP contribution >= 0.6 is 0 Å². The number of benzene rings is 1. The van der Waals surface area contributed by atoms with E-state index >= 15 is 0 Å². The van der Waals surface area contributed by atoms with E-state index in [1.807, 2.05) is 13.0 Å². The summed E-state index contributed by atoms with van der Waals surface area (Å²) < 4.78 is 0. The maximum atomic E-state index is 9.72. The number of fused-ring (bicyclic) bond motifs is 1. The Morgan fingerprint density at radius 2 is 2.38 bits per heavy atom. The topological polar surface area (TPSA) is 32.3 Å². The summed E-state index contributed by atoms with van der Waals surface area (Å²) in [6, 6.07) is 6.25. The molecule has 16 heavy (non-hydrogen) atoms. The van der Waals surface area contributed by atoms with Crippen LogP contribution in [0, 0.1) is 0 Å². The van der Waals surface area contributed by atoms with Crippen LogP contribution in [0.25, 0.3) is 0 Å². The predicted molar refractivity (Wildman–Crippen MR) is 66.6 cm³/mol. The number of hydrogen-bond acceptors (Lipinski definition) is 2. The molecule has 1 unspecified atom stereocenters. The summed E-state index contributed by atoms with van der Waals surface area (Å²) in [4.78, 5) is 0. The van der Waals surface area contributed by atoms with Crippen LogP contribution in [-0.2, 0) is 6.42 Å². The highest BCUT2D eigenvalue weighted by molar-refractivity contribution is 5.44. The Morgan fingerprint density at radius 1 is 1.50 bits per heavy atom. The van der Waals surface area contributed by atoms with Crippen LogP contribution in [0.2, 0.25) is 0 Å². The van der Waals surface area contributed by atoms with Gasteiger partial charge in [0, 0.05) is 6.04 Å². The lowest BCUT2D eigenvalue weighted by atomic mass is 10.1. The second-order valence-electron chi connectivity index (χ2n) is 4.25. The molecule has 0 spiro atoms. The zero-order valence-corrected chi connectivity index (χ0v) is 9.74. The Hall–Kier alpha value is -1.28. The SMILES string of the molecule is C/C=C/CCNC1CCc2c(O)cccc21. The predicted octanol–water partition coefficient (Wildman–Crippen LogP) is 2.94. The molecule has 1 aliphatic rings. The lowest BCUT2D eigenvalue weighted by molar-refractivity contribution is 0.469. The molecule has 0 saturated heterocycles. The number of phenolic OH excluding ortho intramolecular Hbond substituents is 1. The third-order valence-electron chi connectivity index (χ3n) is 3.18. The van der Waals surface area contributed by atoms with Crippen LogP contribution < -0.4 is 5.32 Å². The molecule has 2 nitrogen and oxygen atoms in total. The molecule has 0 fully saturated rings. The number of aromatic hydroxyl groups is 1. The summed E-state index contributed by atoms with van der Waals surface area (Å²) in [5, 5.41) is 13.3. The first-order chi connectivity index (χ1) is 7.83. The lowest BCUT2D eigenvalue weighted by Gasteiger charge is -2.13. The standard InChI is InChI=1S/C14H19NO/c1-2-3-4-10-15-13-9-8-12-11(13)6-5-7-14(12)16/h2-3,5-7,13,15-16H,4,8-10H2,1H3/b3-2+. The average molecular weight is 217 g/mol. The molecule has 0 amide bonds. The Balaban J connectivity index is 1.98. The van der Waals surface area contributed by atoms with Gasteiger partial charge in [-0.3, -0.25) is 0 Å². The summed E-state index contributed by atoms with van der Waals surface area (Å²) in [5.74, 6) is 0.454. The molecule has 1 aromatic rings. The molecule has 2 N–H and O–H groups in total. The van der Waals surface area contributed by atoms with E-state index in [0.717, 1.165) is 31.4 Å². The first kappa shape index (κ1) is 11.2. The number of rotatable bonds is 4. The van der Waals surface area contributed by atoms with Crippen LogP contribution in [-0.4, -0.2) is 11.7 Å². The van der Waals surface area contributed by atoms with Crippen LogP contribution in [0.15, 0.2) is 30.4 Å². The fourth-order valence-corrected chi connectivity index (χ4v) is 2.35. The zero-order valence-electron chi connectivity index (χ0n) is 9.74. The molecule has 0 saturated carbocycles. The molecule has 0 aliphatic heterocycles. The Bertz CT molecular complexity index is 384. The highest BCUT2D eigenvalue weighted by atomic mass is 16.3. The van der Waals surface area contributed by atoms with E-state index in [0.29, 0.717) is 11.8 Å². The Kier molecular flexibility index (Phi) is 3.62. The van der Waals surface area contributed by atoms with E-state index in [1.54, 1.807) is 6.07 Å². The van der Waals surface area contributed by atoms with Gasteiger partial charge in [-0.05, 0) is 49.9 Å². The van der Waals surface area contributed by atoms with Gasteiger partial charge in [-0.25, -0.2) is 0 Å². The molecule has 0 heterocycles. The molecule has 2 heteroatoms. The van der Waals surface area contributed by atoms with E-state index < -0.39 is 0 Å². The van der Waals surface area contributed by atoms with Crippen molar-refractivity contribution < 1.29 is 5.11 Å². The largest absolute Gasteiger partial charge is 0.508 e. The van der Waals surface area contributed by atoms with Gasteiger partial charge in [-0.15, -0.1) is 0 Å². The highest BCUT2D eigenvalue weighted by Crippen LogP contribution is 2.35. The van der Waals surface area contributed by atoms with Crippen LogP contribution in [0.5, 0.6) is 5.75 Å². The van der Waals surface area contributed by atoms with E-state index in [9.17, 15) is 5.11 Å². The normalized spacial score (nSPS) is 19.2. The van der Waals surface area contributed by atoms with Crippen molar-refractivity contribution in [2.24, 2.45) is 0 Å². The van der Waals surface area contributed by atoms with Gasteiger partial charge in [0.25, 0.3) is 0 Å². The van der Waals surface area contributed by atoms with Crippen molar-refractivity contribution in [2.75, 3.05) is 6.54 Å². The summed E-state index contributed by atoms with van der Waals surface area (Å²) in [6.07, 6.45) is 7.41. The number of nitrogens with one attached hydrogen (secondary N) is 1. The molecular weight excluding hydrogens is 198 g/mol. The molecule has 2 rings (SSSR count). The quantitative estimate of drug-likeness (QED) is 0.600. The molecule has 1 aliphatic carbocycles. The molecular formula is C14H19NO. The van der Waals surface area contributed by atoms with Crippen molar-refractivity contribution in [3.8, 4) is 5.75 Å². The molecule has 0 aromatic heterocycles. The second kappa shape index (κ2) is 5.17. The monoisotopic (exact) mass is 217 g/mol. The molecule has 0 bridgehead atoms. The van der Waals surface area contributed by atoms with Gasteiger partial charge in [-0.1, -0.05) is 24.3 Å². The zero-order chi connectivity index (χ0) is 11.4. The Morgan fingerprint density at radius 3 is 3.19 bits per heavy atom. The first-order valence-electron chi connectivity index (χ1n) is 5.98. The van der Waals surface area contributed by atoms with Crippen molar-refractivity contribution in [2.45, 2.75) is 32.2 Å². The van der Waals surface area contributed by atoms with Crippen LogP contribution in [0.1, 0.15) is 36.9 Å². The van der Waals surface area contributed by atoms with E-state index in [2.05, 4.69) is 23.5 Å². The fraction of sp³-hybridized carbons (Fsp3) is 0.429. The molecule has 1 atom stereocenters. The maximum absolute atomic E-state index is 9.72. The smallest absolute Gasteiger partial charge is 0.119 e. The molecule has 1 aromatic carbocycles. The third kappa shape index (κ3) is 2.27. The minimum atomic E-state index is 0.423. The van der Waals surface area contributed by atoms with Crippen LogP contribution in [0.3, 0.4) is 0 Å². The van der Waals surface area contributed by atoms with Gasteiger partial charge in [0.15, 0.2) is 0 Å². The van der Waals surface area contributed by atoms with Gasteiger partial charge in [0.05, 0.1) is 0 Å². The number of hydrogen-bond donors (Lipinski definition) is 2. The van der Waals surface area contributed by atoms with Crippen molar-refractivity contribution in [1.82, 2.24) is 5.32 Å². The summed E-state index contributed by atoms with van der Waals surface area (Å²) in [7, 11) is 0. The van der Waals surface area contributed by atoms with E-state index in [1.165, 1.54) is 5.56 Å². The summed E-state index contributed by atoms with van der Waals surface area (Å²) in [6.45, 7) is 3.05. The van der Waals surface area contributed by atoms with Gasteiger partial charge in [0.1, 0.15) is 5.75 Å². The minimum absolute atomic E-state index is 0.423. The fourth-order valence-electron chi connectivity index (χ4n) is 2.35. The number of phenols is 1. The van der Waals surface area contributed by atoms with E-state index in [-0.39, 0.29) is 0 Å². The maximum Gasteiger partial charge on any atom is 0.119 e. The van der Waals surface area contributed by atoms with Crippen molar-refractivity contribution >= 4 is 0 Å². The Labute approximate surface area is 97.0 Å². The van der Waals surface area contributed by atoms with Crippen LogP contribution in [0.4, 0.5) is 0 Å². The summed E-state index contributed by atoms with van der Waals surface area (Å²) >= 11 is 0. The minimum Gasteiger partial charge on any atom is -0.508 e. The number of allylic oxidation sites excluding steroid dienone is 1. The van der Waals surface area contributed by atoms with Gasteiger partial charge >= 0.3 is 0 Å². The van der Waals surface area contributed by atoms with Gasteiger partial charge in [-0.2, -0.15) is 0 Å². The van der Waals surface area contributed by atoms with Crippen molar-refractivity contribution in [1.29, 1.82) is 0 Å². The molecule has 86 valence electrons. The van der Waals surface area contributed by atoms with Gasteiger partial charge in [0.2, 0.25) is 0 Å². The van der Waals surface area contributed by atoms with Gasteiger partial charge < -0.3 is 10.4 Å². The van der Waals surface area contributed by atoms with Crippen molar-refractivity contribution in [3.05, 3.63) is 41.5 Å². The first-order valence-corrected chi connectivity index (χ1v) is 5.98. The van der Waals surface area contributed by atoms with E-state index in [4.69, 9.17) is 0 Å². The average Bonchev–Trinajstić information content (AvgIpc) is 2.70.